The van der Waals surface area contributed by atoms with Crippen LogP contribution < -0.4 is 4.90 Å². The van der Waals surface area contributed by atoms with Crippen molar-refractivity contribution in [2.75, 3.05) is 24.5 Å². The third-order valence-corrected chi connectivity index (χ3v) is 4.27. The highest BCUT2D eigenvalue weighted by Gasteiger charge is 2.27. The van der Waals surface area contributed by atoms with E-state index < -0.39 is 0 Å². The first-order valence-electron chi connectivity index (χ1n) is 8.17. The minimum absolute atomic E-state index is 0.0239. The maximum absolute atomic E-state index is 12.4. The Hall–Kier alpha value is -2.69. The molecule has 2 amide bonds. The van der Waals surface area contributed by atoms with Gasteiger partial charge in [0.2, 0.25) is 11.8 Å². The van der Waals surface area contributed by atoms with Gasteiger partial charge in [-0.25, -0.2) is 0 Å². The second kappa shape index (κ2) is 7.25. The zero-order chi connectivity index (χ0) is 16.9. The normalized spacial score (nSPS) is 14.8. The molecule has 0 unspecified atom stereocenters. The number of carbonyl (C=O) groups excluding carboxylic acids is 2. The lowest BCUT2D eigenvalue weighted by Gasteiger charge is -2.34. The predicted molar refractivity (Wildman–Crippen MR) is 92.7 cm³/mol. The fourth-order valence-electron chi connectivity index (χ4n) is 2.84. The zero-order valence-corrected chi connectivity index (χ0v) is 13.8. The lowest BCUT2D eigenvalue weighted by atomic mass is 10.1. The second-order valence-electron chi connectivity index (χ2n) is 6.06. The quantitative estimate of drug-likeness (QED) is 0.867. The average molecular weight is 323 g/mol. The summed E-state index contributed by atoms with van der Waals surface area (Å²) >= 11 is 0. The Bertz CT molecular complexity index is 713. The van der Waals surface area contributed by atoms with Crippen LogP contribution in [0, 0.1) is 6.92 Å². The van der Waals surface area contributed by atoms with E-state index >= 15 is 0 Å². The molecule has 1 aromatic heterocycles. The summed E-state index contributed by atoms with van der Waals surface area (Å²) in [5.74, 6) is -0.00408. The number of carbonyl (C=O) groups is 2. The predicted octanol–water partition coefficient (Wildman–Crippen LogP) is 2.20. The Morgan fingerprint density at radius 3 is 2.62 bits per heavy atom. The molecule has 0 N–H and O–H groups in total. The van der Waals surface area contributed by atoms with Gasteiger partial charge in [0, 0.05) is 37.6 Å². The van der Waals surface area contributed by atoms with Crippen molar-refractivity contribution in [1.82, 2.24) is 9.88 Å². The SMILES string of the molecule is Cc1ccc(N2CCN(C(=O)CCc3cccnc3)CC2=O)cc1. The summed E-state index contributed by atoms with van der Waals surface area (Å²) in [5, 5.41) is 0. The van der Waals surface area contributed by atoms with Crippen molar-refractivity contribution < 1.29 is 9.59 Å². The number of piperazine rings is 1. The van der Waals surface area contributed by atoms with Crippen LogP contribution in [0.25, 0.3) is 0 Å². The lowest BCUT2D eigenvalue weighted by Crippen LogP contribution is -2.52. The minimum Gasteiger partial charge on any atom is -0.332 e. The maximum atomic E-state index is 12.4. The van der Waals surface area contributed by atoms with E-state index in [4.69, 9.17) is 0 Å². The number of hydrogen-bond donors (Lipinski definition) is 0. The van der Waals surface area contributed by atoms with Gasteiger partial charge in [0.05, 0.1) is 0 Å². The van der Waals surface area contributed by atoms with Gasteiger partial charge in [0.1, 0.15) is 6.54 Å². The van der Waals surface area contributed by atoms with E-state index in [1.54, 1.807) is 22.2 Å². The standard InChI is InChI=1S/C19H21N3O2/c1-15-4-7-17(8-5-15)22-12-11-21(14-19(22)24)18(23)9-6-16-3-2-10-20-13-16/h2-5,7-8,10,13H,6,9,11-12,14H2,1H3. The lowest BCUT2D eigenvalue weighted by molar-refractivity contribution is -0.136. The number of benzene rings is 1. The molecule has 0 spiro atoms. The van der Waals surface area contributed by atoms with Crippen LogP contribution in [-0.4, -0.2) is 41.3 Å². The number of hydrogen-bond acceptors (Lipinski definition) is 3. The summed E-state index contributed by atoms with van der Waals surface area (Å²) in [6, 6.07) is 11.7. The van der Waals surface area contributed by atoms with Crippen LogP contribution in [0.15, 0.2) is 48.8 Å². The van der Waals surface area contributed by atoms with Crippen molar-refractivity contribution >= 4 is 17.5 Å². The molecule has 0 atom stereocenters. The molecule has 1 aromatic carbocycles. The molecule has 2 heterocycles. The molecule has 24 heavy (non-hydrogen) atoms. The number of pyridine rings is 1. The fourth-order valence-corrected chi connectivity index (χ4v) is 2.84. The molecule has 0 aliphatic carbocycles. The number of anilines is 1. The van der Waals surface area contributed by atoms with Crippen LogP contribution in [0.3, 0.4) is 0 Å². The number of aryl methyl sites for hydroxylation is 2. The monoisotopic (exact) mass is 323 g/mol. The number of nitrogens with zero attached hydrogens (tertiary/aromatic N) is 3. The van der Waals surface area contributed by atoms with E-state index in [2.05, 4.69) is 4.98 Å². The van der Waals surface area contributed by atoms with E-state index in [0.29, 0.717) is 25.9 Å². The summed E-state index contributed by atoms with van der Waals surface area (Å²) in [4.78, 5) is 32.2. The largest absolute Gasteiger partial charge is 0.332 e. The molecule has 1 saturated heterocycles. The Balaban J connectivity index is 1.55. The van der Waals surface area contributed by atoms with Crippen LogP contribution in [0.2, 0.25) is 0 Å². The van der Waals surface area contributed by atoms with Gasteiger partial charge >= 0.3 is 0 Å². The number of aromatic nitrogens is 1. The molecule has 5 nitrogen and oxygen atoms in total. The third kappa shape index (κ3) is 3.79. The Kier molecular flexibility index (Phi) is 4.89. The molecule has 3 rings (SSSR count). The van der Waals surface area contributed by atoms with E-state index in [1.165, 1.54) is 0 Å². The Morgan fingerprint density at radius 1 is 1.17 bits per heavy atom. The molecule has 0 saturated carbocycles. The van der Waals surface area contributed by atoms with Gasteiger partial charge in [-0.1, -0.05) is 23.8 Å². The van der Waals surface area contributed by atoms with E-state index in [1.807, 2.05) is 43.3 Å². The van der Waals surface area contributed by atoms with Crippen LogP contribution >= 0.6 is 0 Å². The first-order valence-corrected chi connectivity index (χ1v) is 8.17. The van der Waals surface area contributed by atoms with Crippen LogP contribution in [0.5, 0.6) is 0 Å². The van der Waals surface area contributed by atoms with Crippen LogP contribution in [0.1, 0.15) is 17.5 Å². The van der Waals surface area contributed by atoms with Crippen molar-refractivity contribution in [1.29, 1.82) is 0 Å². The zero-order valence-electron chi connectivity index (χ0n) is 13.8. The topological polar surface area (TPSA) is 53.5 Å². The van der Waals surface area contributed by atoms with Gasteiger partial charge in [0.25, 0.3) is 0 Å². The van der Waals surface area contributed by atoms with Crippen LogP contribution in [-0.2, 0) is 16.0 Å². The van der Waals surface area contributed by atoms with Crippen molar-refractivity contribution in [3.05, 3.63) is 59.9 Å². The number of amides is 2. The Morgan fingerprint density at radius 2 is 1.96 bits per heavy atom. The van der Waals surface area contributed by atoms with E-state index in [-0.39, 0.29) is 18.4 Å². The van der Waals surface area contributed by atoms with Gasteiger partial charge in [-0.3, -0.25) is 14.6 Å². The van der Waals surface area contributed by atoms with Crippen molar-refractivity contribution in [2.45, 2.75) is 19.8 Å². The molecule has 0 bridgehead atoms. The van der Waals surface area contributed by atoms with Crippen molar-refractivity contribution in [2.24, 2.45) is 0 Å². The average Bonchev–Trinajstić information content (AvgIpc) is 2.61. The third-order valence-electron chi connectivity index (χ3n) is 4.27. The number of rotatable bonds is 4. The van der Waals surface area contributed by atoms with Crippen molar-refractivity contribution in [3.8, 4) is 0 Å². The smallest absolute Gasteiger partial charge is 0.246 e. The van der Waals surface area contributed by atoms with Gasteiger partial charge in [-0.15, -0.1) is 0 Å². The van der Waals surface area contributed by atoms with Crippen molar-refractivity contribution in [3.63, 3.8) is 0 Å². The maximum Gasteiger partial charge on any atom is 0.246 e. The molecular weight excluding hydrogens is 302 g/mol. The summed E-state index contributed by atoms with van der Waals surface area (Å²) < 4.78 is 0. The fraction of sp³-hybridized carbons (Fsp3) is 0.316. The minimum atomic E-state index is -0.0279. The van der Waals surface area contributed by atoms with Gasteiger partial charge in [0.15, 0.2) is 0 Å². The molecule has 5 heteroatoms. The summed E-state index contributed by atoms with van der Waals surface area (Å²) in [7, 11) is 0. The van der Waals surface area contributed by atoms with Crippen LogP contribution in [0.4, 0.5) is 5.69 Å². The molecular formula is C19H21N3O2. The second-order valence-corrected chi connectivity index (χ2v) is 6.06. The molecule has 1 aliphatic rings. The van der Waals surface area contributed by atoms with Gasteiger partial charge in [-0.05, 0) is 37.1 Å². The Labute approximate surface area is 141 Å². The molecule has 124 valence electrons. The summed E-state index contributed by atoms with van der Waals surface area (Å²) in [5.41, 5.74) is 3.10. The summed E-state index contributed by atoms with van der Waals surface area (Å²) in [6.07, 6.45) is 4.55. The molecule has 1 aliphatic heterocycles. The first kappa shape index (κ1) is 16.2. The molecule has 1 fully saturated rings. The van der Waals surface area contributed by atoms with Gasteiger partial charge in [-0.2, -0.15) is 0 Å². The van der Waals surface area contributed by atoms with E-state index in [9.17, 15) is 9.59 Å². The van der Waals surface area contributed by atoms with Gasteiger partial charge < -0.3 is 9.80 Å². The van der Waals surface area contributed by atoms with E-state index in [0.717, 1.165) is 16.8 Å². The molecule has 2 aromatic rings. The highest BCUT2D eigenvalue weighted by molar-refractivity contribution is 5.97. The highest BCUT2D eigenvalue weighted by Crippen LogP contribution is 2.18. The molecule has 0 radical (unpaired) electrons. The highest BCUT2D eigenvalue weighted by atomic mass is 16.2. The summed E-state index contributed by atoms with van der Waals surface area (Å²) in [6.45, 7) is 3.29. The first-order chi connectivity index (χ1) is 11.6.